The molecule has 0 radical (unpaired) electrons. The molecular weight excluding hydrogens is 242 g/mol. The van der Waals surface area contributed by atoms with Crippen LogP contribution in [0.2, 0.25) is 0 Å². The van der Waals surface area contributed by atoms with Gasteiger partial charge in [-0.15, -0.1) is 11.3 Å². The summed E-state index contributed by atoms with van der Waals surface area (Å²) in [5.74, 6) is 0. The van der Waals surface area contributed by atoms with Crippen molar-refractivity contribution < 1.29 is 0 Å². The van der Waals surface area contributed by atoms with Crippen molar-refractivity contribution in [1.29, 1.82) is 0 Å². The van der Waals surface area contributed by atoms with Gasteiger partial charge in [-0.05, 0) is 25.0 Å². The van der Waals surface area contributed by atoms with Gasteiger partial charge in [0.25, 0.3) is 0 Å². The lowest BCUT2D eigenvalue weighted by atomic mass is 10.1. The summed E-state index contributed by atoms with van der Waals surface area (Å²) in [5.41, 5.74) is 8.57. The summed E-state index contributed by atoms with van der Waals surface area (Å²) < 4.78 is 1.89. The standard InChI is InChI=1S/C14H21N3S/c1-4-6-11(15)14-8-7-13(18-14)10-9-17(3)16-12(10)5-2/h7-9,11H,4-6,15H2,1-3H3. The van der Waals surface area contributed by atoms with Crippen molar-refractivity contribution in [2.75, 3.05) is 0 Å². The number of hydrogen-bond acceptors (Lipinski definition) is 3. The molecule has 0 fully saturated rings. The zero-order valence-corrected chi connectivity index (χ0v) is 12.1. The lowest BCUT2D eigenvalue weighted by molar-refractivity contribution is 0.648. The molecule has 0 aromatic carbocycles. The first-order valence-corrected chi connectivity index (χ1v) is 7.35. The van der Waals surface area contributed by atoms with Gasteiger partial charge >= 0.3 is 0 Å². The Morgan fingerprint density at radius 1 is 1.39 bits per heavy atom. The molecule has 18 heavy (non-hydrogen) atoms. The molecule has 1 atom stereocenters. The summed E-state index contributed by atoms with van der Waals surface area (Å²) in [5, 5.41) is 4.49. The normalized spacial score (nSPS) is 12.9. The monoisotopic (exact) mass is 263 g/mol. The third kappa shape index (κ3) is 2.65. The van der Waals surface area contributed by atoms with Gasteiger partial charge in [0, 0.05) is 34.6 Å². The van der Waals surface area contributed by atoms with Gasteiger partial charge in [-0.2, -0.15) is 5.10 Å². The maximum absolute atomic E-state index is 6.16. The molecule has 4 heteroatoms. The summed E-state index contributed by atoms with van der Waals surface area (Å²) >= 11 is 1.80. The lowest BCUT2D eigenvalue weighted by Gasteiger charge is -2.06. The molecular formula is C14H21N3S. The van der Waals surface area contributed by atoms with Crippen molar-refractivity contribution in [3.05, 3.63) is 28.9 Å². The predicted octanol–water partition coefficient (Wildman–Crippen LogP) is 3.51. The Hall–Kier alpha value is -1.13. The first kappa shape index (κ1) is 13.3. The molecule has 0 spiro atoms. The molecule has 2 heterocycles. The van der Waals surface area contributed by atoms with Gasteiger partial charge in [-0.1, -0.05) is 20.3 Å². The highest BCUT2D eigenvalue weighted by molar-refractivity contribution is 7.15. The number of aryl methyl sites for hydroxylation is 2. The maximum atomic E-state index is 6.16. The van der Waals surface area contributed by atoms with E-state index in [0.29, 0.717) is 0 Å². The Labute approximate surface area is 113 Å². The van der Waals surface area contributed by atoms with E-state index in [2.05, 4.69) is 37.3 Å². The second kappa shape index (κ2) is 5.67. The molecule has 2 aromatic heterocycles. The fourth-order valence-corrected chi connectivity index (χ4v) is 3.23. The fourth-order valence-electron chi connectivity index (χ4n) is 2.15. The second-order valence-electron chi connectivity index (χ2n) is 4.61. The molecule has 98 valence electrons. The number of nitrogens with two attached hydrogens (primary N) is 1. The summed E-state index contributed by atoms with van der Waals surface area (Å²) in [4.78, 5) is 2.55. The van der Waals surface area contributed by atoms with Crippen molar-refractivity contribution in [2.45, 2.75) is 39.2 Å². The summed E-state index contributed by atoms with van der Waals surface area (Å²) in [6.45, 7) is 4.31. The Balaban J connectivity index is 2.28. The van der Waals surface area contributed by atoms with E-state index >= 15 is 0 Å². The van der Waals surface area contributed by atoms with Gasteiger partial charge in [-0.3, -0.25) is 4.68 Å². The van der Waals surface area contributed by atoms with E-state index in [4.69, 9.17) is 5.73 Å². The average Bonchev–Trinajstić information content (AvgIpc) is 2.95. The molecule has 0 saturated heterocycles. The van der Waals surface area contributed by atoms with Crippen LogP contribution in [0.3, 0.4) is 0 Å². The molecule has 0 saturated carbocycles. The van der Waals surface area contributed by atoms with Crippen molar-refractivity contribution in [1.82, 2.24) is 9.78 Å². The van der Waals surface area contributed by atoms with E-state index < -0.39 is 0 Å². The molecule has 1 unspecified atom stereocenters. The largest absolute Gasteiger partial charge is 0.323 e. The molecule has 0 aliphatic heterocycles. The third-order valence-corrected chi connectivity index (χ3v) is 4.35. The molecule has 3 nitrogen and oxygen atoms in total. The molecule has 2 aromatic rings. The Bertz CT molecular complexity index is 513. The van der Waals surface area contributed by atoms with Crippen molar-refractivity contribution in [3.8, 4) is 10.4 Å². The SMILES string of the molecule is CCCC(N)c1ccc(-c2cn(C)nc2CC)s1. The highest BCUT2D eigenvalue weighted by Gasteiger charge is 2.13. The quantitative estimate of drug-likeness (QED) is 0.897. The van der Waals surface area contributed by atoms with Crippen LogP contribution in [-0.2, 0) is 13.5 Å². The van der Waals surface area contributed by atoms with Gasteiger partial charge in [0.2, 0.25) is 0 Å². The van der Waals surface area contributed by atoms with Crippen LogP contribution in [0, 0.1) is 0 Å². The van der Waals surface area contributed by atoms with E-state index in [1.54, 1.807) is 11.3 Å². The van der Waals surface area contributed by atoms with Crippen LogP contribution in [0.25, 0.3) is 10.4 Å². The van der Waals surface area contributed by atoms with E-state index in [9.17, 15) is 0 Å². The Morgan fingerprint density at radius 3 is 2.83 bits per heavy atom. The first-order valence-electron chi connectivity index (χ1n) is 6.53. The van der Waals surface area contributed by atoms with Gasteiger partial charge in [0.05, 0.1) is 5.69 Å². The summed E-state index contributed by atoms with van der Waals surface area (Å²) in [6, 6.07) is 4.51. The number of aromatic nitrogens is 2. The van der Waals surface area contributed by atoms with Crippen LogP contribution in [0.15, 0.2) is 18.3 Å². The lowest BCUT2D eigenvalue weighted by Crippen LogP contribution is -2.07. The van der Waals surface area contributed by atoms with Crippen LogP contribution < -0.4 is 5.73 Å². The average molecular weight is 263 g/mol. The topological polar surface area (TPSA) is 43.8 Å². The number of hydrogen-bond donors (Lipinski definition) is 1. The van der Waals surface area contributed by atoms with Crippen LogP contribution in [0.5, 0.6) is 0 Å². The first-order chi connectivity index (χ1) is 8.65. The highest BCUT2D eigenvalue weighted by Crippen LogP contribution is 2.33. The van der Waals surface area contributed by atoms with Crippen LogP contribution in [-0.4, -0.2) is 9.78 Å². The Kier molecular flexibility index (Phi) is 4.19. The molecule has 0 aliphatic carbocycles. The minimum absolute atomic E-state index is 0.176. The van der Waals surface area contributed by atoms with Crippen molar-refractivity contribution in [3.63, 3.8) is 0 Å². The van der Waals surface area contributed by atoms with Crippen LogP contribution in [0.4, 0.5) is 0 Å². The van der Waals surface area contributed by atoms with E-state index in [0.717, 1.165) is 25.0 Å². The highest BCUT2D eigenvalue weighted by atomic mass is 32.1. The minimum atomic E-state index is 0.176. The predicted molar refractivity (Wildman–Crippen MR) is 77.7 cm³/mol. The smallest absolute Gasteiger partial charge is 0.0708 e. The van der Waals surface area contributed by atoms with Gasteiger partial charge in [0.1, 0.15) is 0 Å². The fraction of sp³-hybridized carbons (Fsp3) is 0.500. The van der Waals surface area contributed by atoms with E-state index in [1.165, 1.54) is 15.3 Å². The Morgan fingerprint density at radius 2 is 2.17 bits per heavy atom. The minimum Gasteiger partial charge on any atom is -0.323 e. The second-order valence-corrected chi connectivity index (χ2v) is 5.73. The maximum Gasteiger partial charge on any atom is 0.0708 e. The molecule has 2 N–H and O–H groups in total. The zero-order chi connectivity index (χ0) is 13.1. The number of nitrogens with zero attached hydrogens (tertiary/aromatic N) is 2. The third-order valence-electron chi connectivity index (χ3n) is 3.10. The summed E-state index contributed by atoms with van der Waals surface area (Å²) in [6.07, 6.45) is 5.24. The van der Waals surface area contributed by atoms with E-state index in [-0.39, 0.29) is 6.04 Å². The summed E-state index contributed by atoms with van der Waals surface area (Å²) in [7, 11) is 1.97. The molecule has 2 rings (SSSR count). The molecule has 0 aliphatic rings. The number of thiophene rings is 1. The zero-order valence-electron chi connectivity index (χ0n) is 11.3. The van der Waals surface area contributed by atoms with Crippen LogP contribution in [0.1, 0.15) is 43.3 Å². The number of rotatable bonds is 5. The van der Waals surface area contributed by atoms with Gasteiger partial charge in [-0.25, -0.2) is 0 Å². The van der Waals surface area contributed by atoms with Gasteiger partial charge in [0.15, 0.2) is 0 Å². The molecule has 0 amide bonds. The molecule has 0 bridgehead atoms. The van der Waals surface area contributed by atoms with Crippen molar-refractivity contribution >= 4 is 11.3 Å². The van der Waals surface area contributed by atoms with Gasteiger partial charge < -0.3 is 5.73 Å². The van der Waals surface area contributed by atoms with Crippen molar-refractivity contribution in [2.24, 2.45) is 12.8 Å². The van der Waals surface area contributed by atoms with Crippen LogP contribution >= 0.6 is 11.3 Å². The van der Waals surface area contributed by atoms with E-state index in [1.807, 2.05) is 11.7 Å².